The van der Waals surface area contributed by atoms with Gasteiger partial charge in [-0.3, -0.25) is 4.79 Å². The molecule has 20 heavy (non-hydrogen) atoms. The van der Waals surface area contributed by atoms with Gasteiger partial charge in [0, 0.05) is 13.1 Å². The number of H-pyrrole nitrogens is 2. The third-order valence-corrected chi connectivity index (χ3v) is 3.03. The molecule has 3 N–H and O–H groups in total. The maximum absolute atomic E-state index is 13.6. The second-order valence-electron chi connectivity index (χ2n) is 4.22. The molecule has 0 bridgehead atoms. The number of aromatic nitrogens is 2. The molecule has 0 saturated heterocycles. The van der Waals surface area contributed by atoms with Gasteiger partial charge >= 0.3 is 0 Å². The normalized spacial score (nSPS) is 10.7. The number of aromatic amines is 2. The van der Waals surface area contributed by atoms with Gasteiger partial charge in [0.2, 0.25) is 0 Å². The van der Waals surface area contributed by atoms with E-state index in [2.05, 4.69) is 16.5 Å². The lowest BCUT2D eigenvalue weighted by molar-refractivity contribution is 0.0744. The first-order valence-electron chi connectivity index (χ1n) is 5.99. The summed E-state index contributed by atoms with van der Waals surface area (Å²) in [6.45, 7) is 3.80. The number of aliphatic hydroxyl groups excluding tert-OH is 1. The molecule has 1 aromatic carbocycles. The third kappa shape index (κ3) is 2.78. The lowest BCUT2D eigenvalue weighted by Crippen LogP contribution is -2.33. The van der Waals surface area contributed by atoms with Crippen LogP contribution in [0.25, 0.3) is 11.0 Å². The fraction of sp³-hybridized carbons (Fsp3) is 0.231. The van der Waals surface area contributed by atoms with Crippen LogP contribution in [0.15, 0.2) is 24.8 Å². The smallest absolute Gasteiger partial charge is 0.256 e. The third-order valence-electron chi connectivity index (χ3n) is 2.83. The second kappa shape index (κ2) is 5.98. The second-order valence-corrected chi connectivity index (χ2v) is 4.63. The highest BCUT2D eigenvalue weighted by molar-refractivity contribution is 7.71. The van der Waals surface area contributed by atoms with E-state index in [1.54, 1.807) is 6.08 Å². The van der Waals surface area contributed by atoms with Crippen molar-refractivity contribution in [2.75, 3.05) is 19.7 Å². The van der Waals surface area contributed by atoms with Crippen LogP contribution in [0.5, 0.6) is 0 Å². The van der Waals surface area contributed by atoms with Crippen LogP contribution in [-0.4, -0.2) is 45.6 Å². The Morgan fingerprint density at radius 1 is 1.50 bits per heavy atom. The number of aliphatic hydroxyl groups is 1. The first-order valence-corrected chi connectivity index (χ1v) is 6.40. The molecule has 0 unspecified atom stereocenters. The highest BCUT2D eigenvalue weighted by atomic mass is 32.1. The van der Waals surface area contributed by atoms with Crippen molar-refractivity contribution in [2.45, 2.75) is 0 Å². The Hall–Kier alpha value is -1.99. The SMILES string of the molecule is C=CCN(CCO)C(=O)c1cc(F)cc2[nH]c(=S)[nH]c12. The Labute approximate surface area is 119 Å². The molecule has 0 aliphatic heterocycles. The van der Waals surface area contributed by atoms with Gasteiger partial charge in [-0.2, -0.15) is 0 Å². The van der Waals surface area contributed by atoms with E-state index >= 15 is 0 Å². The summed E-state index contributed by atoms with van der Waals surface area (Å²) in [5, 5.41) is 9.00. The molecule has 0 radical (unpaired) electrons. The van der Waals surface area contributed by atoms with Crippen molar-refractivity contribution >= 4 is 29.2 Å². The van der Waals surface area contributed by atoms with E-state index in [9.17, 15) is 9.18 Å². The Bertz CT molecular complexity index is 707. The van der Waals surface area contributed by atoms with Gasteiger partial charge in [0.05, 0.1) is 23.2 Å². The van der Waals surface area contributed by atoms with E-state index in [0.29, 0.717) is 15.8 Å². The fourth-order valence-corrected chi connectivity index (χ4v) is 2.21. The molecule has 2 rings (SSSR count). The summed E-state index contributed by atoms with van der Waals surface area (Å²) in [5.74, 6) is -0.928. The highest BCUT2D eigenvalue weighted by Gasteiger charge is 2.19. The molecule has 0 spiro atoms. The summed E-state index contributed by atoms with van der Waals surface area (Å²) in [4.78, 5) is 19.4. The van der Waals surface area contributed by atoms with Crippen LogP contribution >= 0.6 is 12.2 Å². The van der Waals surface area contributed by atoms with Crippen molar-refractivity contribution < 1.29 is 14.3 Å². The monoisotopic (exact) mass is 295 g/mol. The molecular formula is C13H14FN3O2S. The minimum Gasteiger partial charge on any atom is -0.395 e. The molecule has 1 heterocycles. The Balaban J connectivity index is 2.52. The number of nitrogens with one attached hydrogen (secondary N) is 2. The van der Waals surface area contributed by atoms with E-state index in [-0.39, 0.29) is 25.3 Å². The minimum atomic E-state index is -0.534. The molecule has 0 aliphatic carbocycles. The average molecular weight is 295 g/mol. The summed E-state index contributed by atoms with van der Waals surface area (Å²) < 4.78 is 13.9. The Morgan fingerprint density at radius 3 is 2.90 bits per heavy atom. The quantitative estimate of drug-likeness (QED) is 0.583. The van der Waals surface area contributed by atoms with Crippen LogP contribution < -0.4 is 0 Å². The zero-order valence-corrected chi connectivity index (χ0v) is 11.5. The Morgan fingerprint density at radius 2 is 2.25 bits per heavy atom. The number of halogens is 1. The van der Waals surface area contributed by atoms with Gasteiger partial charge in [-0.1, -0.05) is 6.08 Å². The number of amides is 1. The molecule has 1 amide bonds. The molecule has 106 valence electrons. The largest absolute Gasteiger partial charge is 0.395 e. The van der Waals surface area contributed by atoms with Crippen LogP contribution in [0.1, 0.15) is 10.4 Å². The topological polar surface area (TPSA) is 72.1 Å². The lowest BCUT2D eigenvalue weighted by atomic mass is 10.1. The van der Waals surface area contributed by atoms with E-state index in [1.807, 2.05) is 0 Å². The first-order chi connectivity index (χ1) is 9.56. The number of imidazole rings is 1. The van der Waals surface area contributed by atoms with Crippen LogP contribution in [0.4, 0.5) is 4.39 Å². The van der Waals surface area contributed by atoms with Crippen molar-refractivity contribution in [3.8, 4) is 0 Å². The molecule has 1 aromatic heterocycles. The van der Waals surface area contributed by atoms with Gasteiger partial charge in [0.15, 0.2) is 4.77 Å². The van der Waals surface area contributed by atoms with Crippen LogP contribution in [-0.2, 0) is 0 Å². The number of benzene rings is 1. The summed E-state index contributed by atoms with van der Waals surface area (Å²) in [5.41, 5.74) is 1.05. The van der Waals surface area contributed by atoms with Crippen molar-refractivity contribution in [1.29, 1.82) is 0 Å². The number of hydrogen-bond acceptors (Lipinski definition) is 3. The zero-order chi connectivity index (χ0) is 14.7. The lowest BCUT2D eigenvalue weighted by Gasteiger charge is -2.20. The number of fused-ring (bicyclic) bond motifs is 1. The maximum atomic E-state index is 13.6. The average Bonchev–Trinajstić information content (AvgIpc) is 2.76. The zero-order valence-electron chi connectivity index (χ0n) is 10.6. The van der Waals surface area contributed by atoms with Crippen LogP contribution in [0.2, 0.25) is 0 Å². The number of carbonyl (C=O) groups is 1. The van der Waals surface area contributed by atoms with Crippen molar-refractivity contribution in [3.05, 3.63) is 40.9 Å². The molecule has 7 heteroatoms. The van der Waals surface area contributed by atoms with E-state index in [0.717, 1.165) is 6.07 Å². The number of carbonyl (C=O) groups excluding carboxylic acids is 1. The molecule has 0 aliphatic rings. The number of nitrogens with zero attached hydrogens (tertiary/aromatic N) is 1. The standard InChI is InChI=1S/C13H14FN3O2S/c1-2-3-17(4-5-18)12(19)9-6-8(14)7-10-11(9)16-13(20)15-10/h2,6-7,18H,1,3-5H2,(H2,15,16,20). The minimum absolute atomic E-state index is 0.147. The van der Waals surface area contributed by atoms with Crippen LogP contribution in [0, 0.1) is 10.6 Å². The summed E-state index contributed by atoms with van der Waals surface area (Å²) in [7, 11) is 0. The van der Waals surface area contributed by atoms with Gasteiger partial charge in [0.25, 0.3) is 5.91 Å². The Kier molecular flexibility index (Phi) is 4.31. The summed E-state index contributed by atoms with van der Waals surface area (Å²) in [6, 6.07) is 2.42. The highest BCUT2D eigenvalue weighted by Crippen LogP contribution is 2.19. The molecule has 5 nitrogen and oxygen atoms in total. The predicted molar refractivity (Wildman–Crippen MR) is 76.6 cm³/mol. The van der Waals surface area contributed by atoms with Gasteiger partial charge in [-0.05, 0) is 24.4 Å². The van der Waals surface area contributed by atoms with Gasteiger partial charge in [-0.25, -0.2) is 4.39 Å². The van der Waals surface area contributed by atoms with Gasteiger partial charge < -0.3 is 20.0 Å². The van der Waals surface area contributed by atoms with E-state index < -0.39 is 11.7 Å². The van der Waals surface area contributed by atoms with E-state index in [4.69, 9.17) is 17.3 Å². The van der Waals surface area contributed by atoms with E-state index in [1.165, 1.54) is 11.0 Å². The summed E-state index contributed by atoms with van der Waals surface area (Å²) >= 11 is 4.96. The summed E-state index contributed by atoms with van der Waals surface area (Å²) in [6.07, 6.45) is 1.55. The van der Waals surface area contributed by atoms with Crippen LogP contribution in [0.3, 0.4) is 0 Å². The molecule has 0 fully saturated rings. The molecule has 0 saturated carbocycles. The van der Waals surface area contributed by atoms with Crippen molar-refractivity contribution in [3.63, 3.8) is 0 Å². The molecule has 0 atom stereocenters. The number of hydrogen-bond donors (Lipinski definition) is 3. The predicted octanol–water partition coefficient (Wildman–Crippen LogP) is 1.99. The van der Waals surface area contributed by atoms with Crippen molar-refractivity contribution in [1.82, 2.24) is 14.9 Å². The van der Waals surface area contributed by atoms with Crippen molar-refractivity contribution in [2.24, 2.45) is 0 Å². The first kappa shape index (κ1) is 14.4. The van der Waals surface area contributed by atoms with Gasteiger partial charge in [-0.15, -0.1) is 6.58 Å². The van der Waals surface area contributed by atoms with Gasteiger partial charge in [0.1, 0.15) is 5.82 Å². The maximum Gasteiger partial charge on any atom is 0.256 e. The molecular weight excluding hydrogens is 281 g/mol. The number of rotatable bonds is 5. The molecule has 2 aromatic rings. The fourth-order valence-electron chi connectivity index (χ4n) is 2.00.